The van der Waals surface area contributed by atoms with Gasteiger partial charge >= 0.3 is 0 Å². The number of hydrogen-bond acceptors (Lipinski definition) is 2. The summed E-state index contributed by atoms with van der Waals surface area (Å²) in [5.74, 6) is 1.35. The van der Waals surface area contributed by atoms with Crippen LogP contribution in [0.25, 0.3) is 0 Å². The molecular weight excluding hydrogens is 160 g/mol. The predicted molar refractivity (Wildman–Crippen MR) is 53.4 cm³/mol. The van der Waals surface area contributed by atoms with Crippen LogP contribution in [0.3, 0.4) is 0 Å². The maximum atomic E-state index is 5.74. The van der Waals surface area contributed by atoms with Crippen LogP contribution in [0.2, 0.25) is 0 Å². The topological polar surface area (TPSA) is 38.9 Å². The monoisotopic (exact) mass is 176 g/mol. The molecule has 2 nitrogen and oxygen atoms in total. The number of hydrogen-bond donors (Lipinski definition) is 1. The van der Waals surface area contributed by atoms with E-state index in [1.165, 1.54) is 24.8 Å². The van der Waals surface area contributed by atoms with Gasteiger partial charge in [0.15, 0.2) is 0 Å². The lowest BCUT2D eigenvalue weighted by molar-refractivity contribution is 0.495. The Morgan fingerprint density at radius 1 is 1.46 bits per heavy atom. The van der Waals surface area contributed by atoms with Gasteiger partial charge in [0.1, 0.15) is 0 Å². The van der Waals surface area contributed by atoms with E-state index in [9.17, 15) is 0 Å². The number of rotatable bonds is 2. The van der Waals surface area contributed by atoms with E-state index in [1.807, 2.05) is 18.5 Å². The van der Waals surface area contributed by atoms with Gasteiger partial charge in [-0.05, 0) is 42.9 Å². The van der Waals surface area contributed by atoms with Crippen LogP contribution in [-0.4, -0.2) is 11.5 Å². The molecule has 0 radical (unpaired) electrons. The van der Waals surface area contributed by atoms with Gasteiger partial charge in [-0.15, -0.1) is 0 Å². The first-order chi connectivity index (χ1) is 6.42. The van der Waals surface area contributed by atoms with Gasteiger partial charge in [0.2, 0.25) is 0 Å². The maximum absolute atomic E-state index is 5.74. The minimum absolute atomic E-state index is 0.665. The summed E-state index contributed by atoms with van der Waals surface area (Å²) in [6.07, 6.45) is 7.71. The van der Waals surface area contributed by atoms with Gasteiger partial charge < -0.3 is 5.73 Å². The highest BCUT2D eigenvalue weighted by molar-refractivity contribution is 5.17. The van der Waals surface area contributed by atoms with Crippen LogP contribution in [-0.2, 0) is 0 Å². The molecule has 1 fully saturated rings. The van der Waals surface area contributed by atoms with Crippen molar-refractivity contribution in [2.45, 2.75) is 25.2 Å². The summed E-state index contributed by atoms with van der Waals surface area (Å²) in [6.45, 7) is 0.819. The molecular formula is C11H16N2. The van der Waals surface area contributed by atoms with Crippen LogP contribution >= 0.6 is 0 Å². The molecule has 2 heteroatoms. The number of pyridine rings is 1. The van der Waals surface area contributed by atoms with Gasteiger partial charge in [0.05, 0.1) is 0 Å². The zero-order valence-electron chi connectivity index (χ0n) is 7.82. The molecule has 1 aromatic rings. The molecule has 1 aliphatic rings. The van der Waals surface area contributed by atoms with Gasteiger partial charge in [-0.1, -0.05) is 12.5 Å². The van der Waals surface area contributed by atoms with Crippen molar-refractivity contribution in [2.24, 2.45) is 11.7 Å². The highest BCUT2D eigenvalue weighted by Gasteiger charge is 2.27. The Labute approximate surface area is 79.2 Å². The van der Waals surface area contributed by atoms with E-state index in [2.05, 4.69) is 11.1 Å². The second kappa shape index (κ2) is 3.88. The SMILES string of the molecule is NCC1CCCC1c1cccnc1. The summed E-state index contributed by atoms with van der Waals surface area (Å²) in [4.78, 5) is 4.16. The third kappa shape index (κ3) is 1.73. The van der Waals surface area contributed by atoms with Crippen LogP contribution in [0.1, 0.15) is 30.7 Å². The van der Waals surface area contributed by atoms with Crippen molar-refractivity contribution in [1.29, 1.82) is 0 Å². The largest absolute Gasteiger partial charge is 0.330 e. The van der Waals surface area contributed by atoms with Crippen molar-refractivity contribution in [1.82, 2.24) is 4.98 Å². The Morgan fingerprint density at radius 3 is 3.08 bits per heavy atom. The third-order valence-electron chi connectivity index (χ3n) is 3.07. The van der Waals surface area contributed by atoms with E-state index in [4.69, 9.17) is 5.73 Å². The van der Waals surface area contributed by atoms with Gasteiger partial charge in [-0.2, -0.15) is 0 Å². The zero-order valence-corrected chi connectivity index (χ0v) is 7.82. The number of nitrogens with two attached hydrogens (primary N) is 1. The van der Waals surface area contributed by atoms with Crippen molar-refractivity contribution in [3.8, 4) is 0 Å². The molecule has 0 amide bonds. The van der Waals surface area contributed by atoms with Crippen molar-refractivity contribution in [3.05, 3.63) is 30.1 Å². The van der Waals surface area contributed by atoms with Crippen LogP contribution in [0.5, 0.6) is 0 Å². The van der Waals surface area contributed by atoms with Gasteiger partial charge in [0.25, 0.3) is 0 Å². The van der Waals surface area contributed by atoms with E-state index in [0.717, 1.165) is 6.54 Å². The molecule has 0 aliphatic heterocycles. The zero-order chi connectivity index (χ0) is 9.10. The quantitative estimate of drug-likeness (QED) is 0.747. The minimum Gasteiger partial charge on any atom is -0.330 e. The molecule has 0 saturated heterocycles. The van der Waals surface area contributed by atoms with E-state index in [-0.39, 0.29) is 0 Å². The van der Waals surface area contributed by atoms with E-state index in [0.29, 0.717) is 11.8 Å². The molecule has 2 rings (SSSR count). The average Bonchev–Trinajstić information content (AvgIpc) is 2.67. The summed E-state index contributed by atoms with van der Waals surface area (Å²) in [5, 5.41) is 0. The first-order valence-electron chi connectivity index (χ1n) is 5.02. The molecule has 2 N–H and O–H groups in total. The van der Waals surface area contributed by atoms with E-state index < -0.39 is 0 Å². The van der Waals surface area contributed by atoms with E-state index in [1.54, 1.807) is 0 Å². The summed E-state index contributed by atoms with van der Waals surface area (Å²) >= 11 is 0. The number of nitrogens with zero attached hydrogens (tertiary/aromatic N) is 1. The second-order valence-corrected chi connectivity index (χ2v) is 3.82. The lowest BCUT2D eigenvalue weighted by Gasteiger charge is -2.17. The molecule has 1 aliphatic carbocycles. The fraction of sp³-hybridized carbons (Fsp3) is 0.545. The summed E-state index contributed by atoms with van der Waals surface area (Å²) in [5.41, 5.74) is 7.11. The molecule has 1 saturated carbocycles. The standard InChI is InChI=1S/C11H16N2/c12-7-9-3-1-5-11(9)10-4-2-6-13-8-10/h2,4,6,8-9,11H,1,3,5,7,12H2. The normalized spacial score (nSPS) is 27.8. The van der Waals surface area contributed by atoms with E-state index >= 15 is 0 Å². The molecule has 2 atom stereocenters. The third-order valence-corrected chi connectivity index (χ3v) is 3.07. The molecule has 0 aromatic carbocycles. The molecule has 1 heterocycles. The maximum Gasteiger partial charge on any atom is 0.0302 e. The van der Waals surface area contributed by atoms with Crippen molar-refractivity contribution in [3.63, 3.8) is 0 Å². The highest BCUT2D eigenvalue weighted by atomic mass is 14.6. The molecule has 1 aromatic heterocycles. The van der Waals surface area contributed by atoms with Gasteiger partial charge in [-0.25, -0.2) is 0 Å². The Bertz CT molecular complexity index is 258. The lowest BCUT2D eigenvalue weighted by Crippen LogP contribution is -2.17. The Hall–Kier alpha value is -0.890. The fourth-order valence-corrected chi connectivity index (χ4v) is 2.35. The number of aromatic nitrogens is 1. The molecule has 0 bridgehead atoms. The molecule has 0 spiro atoms. The van der Waals surface area contributed by atoms with Gasteiger partial charge in [-0.3, -0.25) is 4.98 Å². The molecule has 70 valence electrons. The van der Waals surface area contributed by atoms with Crippen molar-refractivity contribution in [2.75, 3.05) is 6.54 Å². The average molecular weight is 176 g/mol. The highest BCUT2D eigenvalue weighted by Crippen LogP contribution is 2.38. The Morgan fingerprint density at radius 2 is 2.38 bits per heavy atom. The van der Waals surface area contributed by atoms with Crippen molar-refractivity contribution >= 4 is 0 Å². The lowest BCUT2D eigenvalue weighted by atomic mass is 9.90. The first kappa shape index (κ1) is 8.70. The molecule has 2 unspecified atom stereocenters. The first-order valence-corrected chi connectivity index (χ1v) is 5.02. The van der Waals surface area contributed by atoms with Gasteiger partial charge in [0, 0.05) is 12.4 Å². The smallest absolute Gasteiger partial charge is 0.0302 e. The van der Waals surface area contributed by atoms with Crippen LogP contribution in [0.15, 0.2) is 24.5 Å². The Balaban J connectivity index is 2.16. The van der Waals surface area contributed by atoms with Crippen LogP contribution < -0.4 is 5.73 Å². The summed E-state index contributed by atoms with van der Waals surface area (Å²) in [7, 11) is 0. The summed E-state index contributed by atoms with van der Waals surface area (Å²) < 4.78 is 0. The summed E-state index contributed by atoms with van der Waals surface area (Å²) in [6, 6.07) is 4.19. The second-order valence-electron chi connectivity index (χ2n) is 3.82. The van der Waals surface area contributed by atoms with Crippen LogP contribution in [0, 0.1) is 5.92 Å². The Kier molecular flexibility index (Phi) is 2.60. The molecule has 13 heavy (non-hydrogen) atoms. The van der Waals surface area contributed by atoms with Crippen LogP contribution in [0.4, 0.5) is 0 Å². The fourth-order valence-electron chi connectivity index (χ4n) is 2.35. The van der Waals surface area contributed by atoms with Crippen molar-refractivity contribution < 1.29 is 0 Å². The predicted octanol–water partition coefficient (Wildman–Crippen LogP) is 1.92. The minimum atomic E-state index is 0.665.